The van der Waals surface area contributed by atoms with Crippen molar-refractivity contribution in [2.75, 3.05) is 20.2 Å². The molecular formula is C22H28N2O2. The maximum Gasteiger partial charge on any atom is 0.223 e. The monoisotopic (exact) mass is 352 g/mol. The molecule has 1 atom stereocenters. The summed E-state index contributed by atoms with van der Waals surface area (Å²) in [6.07, 6.45) is 1.85. The third kappa shape index (κ3) is 4.85. The van der Waals surface area contributed by atoms with Crippen LogP contribution in [0.3, 0.4) is 0 Å². The van der Waals surface area contributed by atoms with Crippen LogP contribution < -0.4 is 10.1 Å². The van der Waals surface area contributed by atoms with Gasteiger partial charge in [0.15, 0.2) is 0 Å². The third-order valence-electron chi connectivity index (χ3n) is 5.18. The van der Waals surface area contributed by atoms with Crippen LogP contribution in [0.1, 0.15) is 36.9 Å². The zero-order valence-electron chi connectivity index (χ0n) is 15.7. The zero-order chi connectivity index (χ0) is 18.4. The van der Waals surface area contributed by atoms with E-state index in [1.165, 1.54) is 5.56 Å². The molecule has 0 aromatic heterocycles. The van der Waals surface area contributed by atoms with Crippen molar-refractivity contribution in [3.63, 3.8) is 0 Å². The first-order valence-corrected chi connectivity index (χ1v) is 9.36. The van der Waals surface area contributed by atoms with E-state index in [2.05, 4.69) is 34.5 Å². The van der Waals surface area contributed by atoms with Crippen LogP contribution in [-0.4, -0.2) is 31.0 Å². The van der Waals surface area contributed by atoms with Crippen LogP contribution in [0.2, 0.25) is 0 Å². The number of ether oxygens (including phenoxy) is 1. The number of benzene rings is 2. The minimum atomic E-state index is 0.00996. The molecule has 0 bridgehead atoms. The van der Waals surface area contributed by atoms with Crippen molar-refractivity contribution in [3.05, 3.63) is 65.7 Å². The fraction of sp³-hybridized carbons (Fsp3) is 0.409. The van der Waals surface area contributed by atoms with Crippen LogP contribution in [0, 0.1) is 5.92 Å². The zero-order valence-corrected chi connectivity index (χ0v) is 15.7. The molecule has 138 valence electrons. The van der Waals surface area contributed by atoms with Gasteiger partial charge in [-0.25, -0.2) is 0 Å². The van der Waals surface area contributed by atoms with E-state index in [9.17, 15) is 4.79 Å². The third-order valence-corrected chi connectivity index (χ3v) is 5.18. The number of carbonyl (C=O) groups excluding carboxylic acids is 1. The topological polar surface area (TPSA) is 41.6 Å². The van der Waals surface area contributed by atoms with E-state index >= 15 is 0 Å². The Bertz CT molecular complexity index is 692. The number of likely N-dealkylation sites (tertiary alicyclic amines) is 1. The average Bonchev–Trinajstić information content (AvgIpc) is 2.69. The summed E-state index contributed by atoms with van der Waals surface area (Å²) in [7, 11) is 1.66. The summed E-state index contributed by atoms with van der Waals surface area (Å²) in [4.78, 5) is 15.1. The predicted molar refractivity (Wildman–Crippen MR) is 104 cm³/mol. The second-order valence-electron chi connectivity index (χ2n) is 7.04. The molecular weight excluding hydrogens is 324 g/mol. The number of methoxy groups -OCH3 is 1. The molecule has 0 aliphatic carbocycles. The maximum atomic E-state index is 12.6. The summed E-state index contributed by atoms with van der Waals surface area (Å²) in [6, 6.07) is 18.4. The highest BCUT2D eigenvalue weighted by Gasteiger charge is 2.25. The molecule has 3 rings (SSSR count). The molecule has 0 radical (unpaired) electrons. The van der Waals surface area contributed by atoms with Gasteiger partial charge in [-0.05, 0) is 56.1 Å². The van der Waals surface area contributed by atoms with Gasteiger partial charge in [0.05, 0.1) is 13.2 Å². The standard InChI is InChI=1S/C22H28N2O2/c1-17(19-8-10-21(26-2)11-9-19)23-22(25)20-12-14-24(15-13-20)16-18-6-4-3-5-7-18/h3-11,17,20H,12-16H2,1-2H3,(H,23,25)/t17-/m0/s1. The molecule has 1 heterocycles. The van der Waals surface area contributed by atoms with Gasteiger partial charge in [0, 0.05) is 12.5 Å². The van der Waals surface area contributed by atoms with E-state index in [1.807, 2.05) is 37.3 Å². The van der Waals surface area contributed by atoms with Gasteiger partial charge in [-0.1, -0.05) is 42.5 Å². The number of hydrogen-bond acceptors (Lipinski definition) is 3. The Labute approximate surface area is 156 Å². The smallest absolute Gasteiger partial charge is 0.223 e. The van der Waals surface area contributed by atoms with Gasteiger partial charge in [-0.15, -0.1) is 0 Å². The summed E-state index contributed by atoms with van der Waals surface area (Å²) in [5, 5.41) is 3.17. The molecule has 4 nitrogen and oxygen atoms in total. The van der Waals surface area contributed by atoms with Crippen LogP contribution in [0.4, 0.5) is 0 Å². The van der Waals surface area contributed by atoms with Crippen molar-refractivity contribution < 1.29 is 9.53 Å². The van der Waals surface area contributed by atoms with Gasteiger partial charge < -0.3 is 10.1 Å². The molecule has 4 heteroatoms. The van der Waals surface area contributed by atoms with Gasteiger partial charge in [-0.3, -0.25) is 9.69 Å². The fourth-order valence-corrected chi connectivity index (χ4v) is 3.50. The molecule has 1 amide bonds. The molecule has 1 saturated heterocycles. The quantitative estimate of drug-likeness (QED) is 0.860. The van der Waals surface area contributed by atoms with Crippen molar-refractivity contribution in [3.8, 4) is 5.75 Å². The first kappa shape index (κ1) is 18.5. The van der Waals surface area contributed by atoms with Gasteiger partial charge in [0.2, 0.25) is 5.91 Å². The highest BCUT2D eigenvalue weighted by molar-refractivity contribution is 5.79. The highest BCUT2D eigenvalue weighted by Crippen LogP contribution is 2.22. The lowest BCUT2D eigenvalue weighted by Crippen LogP contribution is -2.40. The van der Waals surface area contributed by atoms with E-state index in [0.29, 0.717) is 0 Å². The Hall–Kier alpha value is -2.33. The Morgan fingerprint density at radius 2 is 1.77 bits per heavy atom. The van der Waals surface area contributed by atoms with E-state index in [1.54, 1.807) is 7.11 Å². The SMILES string of the molecule is COc1ccc([C@H](C)NC(=O)C2CCN(Cc3ccccc3)CC2)cc1. The van der Waals surface area contributed by atoms with E-state index in [0.717, 1.165) is 43.8 Å². The van der Waals surface area contributed by atoms with Crippen LogP contribution in [0.5, 0.6) is 5.75 Å². The largest absolute Gasteiger partial charge is 0.497 e. The minimum Gasteiger partial charge on any atom is -0.497 e. The molecule has 0 saturated carbocycles. The molecule has 1 aliphatic rings. The van der Waals surface area contributed by atoms with E-state index in [-0.39, 0.29) is 17.9 Å². The van der Waals surface area contributed by atoms with Crippen molar-refractivity contribution in [1.29, 1.82) is 0 Å². The molecule has 1 fully saturated rings. The van der Waals surface area contributed by atoms with Crippen molar-refractivity contribution in [1.82, 2.24) is 10.2 Å². The molecule has 1 N–H and O–H groups in total. The Balaban J connectivity index is 1.47. The van der Waals surface area contributed by atoms with Crippen LogP contribution in [0.15, 0.2) is 54.6 Å². The molecule has 2 aromatic rings. The molecule has 1 aliphatic heterocycles. The van der Waals surface area contributed by atoms with Gasteiger partial charge in [0.25, 0.3) is 0 Å². The molecule has 2 aromatic carbocycles. The Morgan fingerprint density at radius 1 is 1.12 bits per heavy atom. The van der Waals surface area contributed by atoms with Gasteiger partial charge in [-0.2, -0.15) is 0 Å². The Kier molecular flexibility index (Phi) is 6.29. The number of rotatable bonds is 6. The summed E-state index contributed by atoms with van der Waals surface area (Å²) in [6.45, 7) is 4.95. The normalized spacial score (nSPS) is 16.8. The van der Waals surface area contributed by atoms with Crippen LogP contribution >= 0.6 is 0 Å². The fourth-order valence-electron chi connectivity index (χ4n) is 3.50. The summed E-state index contributed by atoms with van der Waals surface area (Å²) >= 11 is 0. The lowest BCUT2D eigenvalue weighted by Gasteiger charge is -2.32. The van der Waals surface area contributed by atoms with Gasteiger partial charge >= 0.3 is 0 Å². The number of hydrogen-bond donors (Lipinski definition) is 1. The summed E-state index contributed by atoms with van der Waals surface area (Å²) in [5.41, 5.74) is 2.43. The maximum absolute atomic E-state index is 12.6. The summed E-state index contributed by atoms with van der Waals surface area (Å²) in [5.74, 6) is 1.12. The van der Waals surface area contributed by atoms with Crippen LogP contribution in [-0.2, 0) is 11.3 Å². The summed E-state index contributed by atoms with van der Waals surface area (Å²) < 4.78 is 5.19. The van der Waals surface area contributed by atoms with Crippen molar-refractivity contribution in [2.45, 2.75) is 32.4 Å². The van der Waals surface area contributed by atoms with E-state index < -0.39 is 0 Å². The van der Waals surface area contributed by atoms with Crippen molar-refractivity contribution >= 4 is 5.91 Å². The molecule has 0 spiro atoms. The Morgan fingerprint density at radius 3 is 2.38 bits per heavy atom. The second kappa shape index (κ2) is 8.86. The molecule has 0 unspecified atom stereocenters. The number of nitrogens with zero attached hydrogens (tertiary/aromatic N) is 1. The first-order chi connectivity index (χ1) is 12.7. The second-order valence-corrected chi connectivity index (χ2v) is 7.04. The highest BCUT2D eigenvalue weighted by atomic mass is 16.5. The number of piperidine rings is 1. The lowest BCUT2D eigenvalue weighted by molar-refractivity contribution is -0.127. The van der Waals surface area contributed by atoms with E-state index in [4.69, 9.17) is 4.74 Å². The predicted octanol–water partition coefficient (Wildman–Crippen LogP) is 3.78. The number of nitrogens with one attached hydrogen (secondary N) is 1. The number of amides is 1. The number of carbonyl (C=O) groups is 1. The minimum absolute atomic E-state index is 0.00996. The first-order valence-electron chi connectivity index (χ1n) is 9.36. The van der Waals surface area contributed by atoms with Crippen LogP contribution in [0.25, 0.3) is 0 Å². The molecule has 26 heavy (non-hydrogen) atoms. The van der Waals surface area contributed by atoms with Gasteiger partial charge in [0.1, 0.15) is 5.75 Å². The van der Waals surface area contributed by atoms with Crippen molar-refractivity contribution in [2.24, 2.45) is 5.92 Å². The lowest BCUT2D eigenvalue weighted by atomic mass is 9.95. The average molecular weight is 352 g/mol.